The molecule has 4 aromatic heterocycles. The molecule has 6 N–H and O–H groups in total. The number of nitrogens with zero attached hydrogens (tertiary/aromatic N) is 6. The Morgan fingerprint density at radius 2 is 0.890 bits per heavy atom. The average molecular weight is 1120 g/mol. The lowest BCUT2D eigenvalue weighted by Gasteiger charge is -2.29. The summed E-state index contributed by atoms with van der Waals surface area (Å²) in [5.41, 5.74) is 4.64. The maximum Gasteiger partial charge on any atom is 0.277 e. The van der Waals surface area contributed by atoms with E-state index in [1.54, 1.807) is 55.2 Å². The number of aromatic amines is 5. The summed E-state index contributed by atoms with van der Waals surface area (Å²) in [6.07, 6.45) is 17.4. The van der Waals surface area contributed by atoms with Gasteiger partial charge in [-0.2, -0.15) is 0 Å². The summed E-state index contributed by atoms with van der Waals surface area (Å²) >= 11 is 0. The van der Waals surface area contributed by atoms with Crippen molar-refractivity contribution in [2.45, 2.75) is 78.6 Å². The summed E-state index contributed by atoms with van der Waals surface area (Å²) in [6.45, 7) is 29.8. The van der Waals surface area contributed by atoms with Crippen LogP contribution < -0.4 is 27.1 Å². The molecule has 2 aliphatic heterocycles. The van der Waals surface area contributed by atoms with Crippen molar-refractivity contribution >= 4 is 71.9 Å². The second-order valence-corrected chi connectivity index (χ2v) is 19.9. The van der Waals surface area contributed by atoms with Gasteiger partial charge in [0.25, 0.3) is 17.0 Å². The third kappa shape index (κ3) is 17.1. The summed E-state index contributed by atoms with van der Waals surface area (Å²) < 4.78 is 0. The number of allylic oxidation sites excluding steroid dienone is 3. The number of aromatic nitrogens is 8. The monoisotopic (exact) mass is 1120 g/mol. The Balaban J connectivity index is 0.000000233. The smallest absolute Gasteiger partial charge is 0.277 e. The molecule has 82 heavy (non-hydrogen) atoms. The van der Waals surface area contributed by atoms with Crippen molar-refractivity contribution < 1.29 is 38.4 Å². The van der Waals surface area contributed by atoms with E-state index in [1.165, 1.54) is 33.2 Å². The van der Waals surface area contributed by atoms with E-state index >= 15 is 0 Å². The van der Waals surface area contributed by atoms with Gasteiger partial charge in [-0.25, -0.2) is 15.0 Å². The average Bonchev–Trinajstić information content (AvgIpc) is 4.28. The molecule has 2 aromatic carbocycles. The molecule has 0 spiro atoms. The van der Waals surface area contributed by atoms with Crippen molar-refractivity contribution in [3.63, 3.8) is 0 Å². The van der Waals surface area contributed by atoms with E-state index in [1.807, 2.05) is 82.3 Å². The Kier molecular flexibility index (Phi) is 22.4. The van der Waals surface area contributed by atoms with Gasteiger partial charge < -0.3 is 30.2 Å². The van der Waals surface area contributed by atoms with Gasteiger partial charge in [-0.3, -0.25) is 62.6 Å². The third-order valence-corrected chi connectivity index (χ3v) is 12.6. The van der Waals surface area contributed by atoms with Crippen LogP contribution in [0, 0.1) is 0 Å². The van der Waals surface area contributed by atoms with E-state index < -0.39 is 46.9 Å². The molecule has 0 bridgehead atoms. The summed E-state index contributed by atoms with van der Waals surface area (Å²) in [5.74, 6) is -3.43. The first-order chi connectivity index (χ1) is 38.6. The standard InChI is InChI=1S/C20H20N4O2.C15H18N4O3.C10H14N2.C8H10N2O4.C7H6O/c1-4-20(2,3)17-14(21-12-22-17)11-16-19(26)23-15(18(25)24-16)10-13-8-6-5-7-9-13;1-5-15(3,4)13-10(16-8-17-13)6-11-14(22)19(9(2)20)7-12(21)18-11;1-5-8-9(12-7-11-8)10(3,4)6-2;1-5(11)9-3-8(14)10(6(2)12)4-7(9)13;8-6-7-4-2-1-3-5-7/h4-12H,1H2,2-3H3,(H,21,22)(H,23,26)(H,24,25);5-6,8H,1,7H2,2-4H3,(H,16,17)(H,18,21);5-7H,1-2H2,3-4H3,(H,11,12);3-4H2,1-2H3;1-6H/b15-10-,16-11-;11-6-;;;. The predicted octanol–water partition coefficient (Wildman–Crippen LogP) is 4.39. The summed E-state index contributed by atoms with van der Waals surface area (Å²) in [6, 6.07) is 18.4. The highest BCUT2D eigenvalue weighted by Gasteiger charge is 2.34. The molecule has 7 amide bonds. The van der Waals surface area contributed by atoms with E-state index in [4.69, 9.17) is 0 Å². The minimum absolute atomic E-state index is 0.0275. The zero-order valence-electron chi connectivity index (χ0n) is 47.3. The first-order valence-electron chi connectivity index (χ1n) is 25.4. The van der Waals surface area contributed by atoms with Gasteiger partial charge in [0.2, 0.25) is 35.4 Å². The highest BCUT2D eigenvalue weighted by atomic mass is 16.2. The number of benzene rings is 2. The Bertz CT molecular complexity index is 3620. The van der Waals surface area contributed by atoms with E-state index in [9.17, 15) is 47.9 Å². The molecular formula is C60H68N12O10. The molecule has 2 aliphatic rings. The molecule has 6 heterocycles. The molecule has 22 nitrogen and oxygen atoms in total. The van der Waals surface area contributed by atoms with Gasteiger partial charge in [-0.15, -0.1) is 19.7 Å². The first-order valence-corrected chi connectivity index (χ1v) is 25.4. The van der Waals surface area contributed by atoms with E-state index in [0.29, 0.717) is 11.4 Å². The second-order valence-electron chi connectivity index (χ2n) is 19.9. The van der Waals surface area contributed by atoms with Gasteiger partial charge >= 0.3 is 0 Å². The number of piperazine rings is 2. The van der Waals surface area contributed by atoms with Gasteiger partial charge in [0.15, 0.2) is 0 Å². The zero-order chi connectivity index (χ0) is 61.1. The fourth-order valence-electron chi connectivity index (χ4n) is 7.51. The molecule has 428 valence electrons. The normalized spacial score (nSPS) is 14.3. The van der Waals surface area contributed by atoms with Gasteiger partial charge in [0.05, 0.1) is 53.1 Å². The molecule has 0 unspecified atom stereocenters. The summed E-state index contributed by atoms with van der Waals surface area (Å²) in [5, 5.41) is 2.83. The molecule has 2 saturated heterocycles. The van der Waals surface area contributed by atoms with Crippen molar-refractivity contribution in [2.24, 2.45) is 0 Å². The molecule has 0 radical (unpaired) electrons. The molecule has 22 heteroatoms. The first kappa shape index (κ1) is 64.3. The van der Waals surface area contributed by atoms with Crippen LogP contribution in [0.3, 0.4) is 0 Å². The Morgan fingerprint density at radius 3 is 1.27 bits per heavy atom. The number of amides is 7. The number of imide groups is 3. The number of aldehydes is 1. The van der Waals surface area contributed by atoms with Crippen LogP contribution in [-0.2, 0) is 49.8 Å². The van der Waals surface area contributed by atoms with Crippen LogP contribution in [-0.4, -0.2) is 122 Å². The van der Waals surface area contributed by atoms with E-state index in [0.717, 1.165) is 54.9 Å². The minimum Gasteiger partial charge on any atom is -0.347 e. The predicted molar refractivity (Wildman–Crippen MR) is 311 cm³/mol. The lowest BCUT2D eigenvalue weighted by Crippen LogP contribution is -2.56. The second kappa shape index (κ2) is 28.6. The summed E-state index contributed by atoms with van der Waals surface area (Å²) in [4.78, 5) is 144. The zero-order valence-corrected chi connectivity index (χ0v) is 47.3. The van der Waals surface area contributed by atoms with E-state index in [-0.39, 0.29) is 57.8 Å². The van der Waals surface area contributed by atoms with Crippen molar-refractivity contribution in [1.29, 1.82) is 0 Å². The lowest BCUT2D eigenvalue weighted by atomic mass is 9.88. The quantitative estimate of drug-likeness (QED) is 0.0597. The SMILES string of the molecule is C=CC(C)(C)c1[nH]cnc1/C=C1\NC(=O)CN(C(C)=O)C1=O.C=CC(C)(C)c1[nH]cnc1/C=c1\[nH]c(=O)/c(=C/c2ccccc2)[nH]c1=O.C=Cc1nc[nH]c1C(C)(C)C=C.CC(=O)N1CC(=O)N(C(C)=O)CC1=O.O=Cc1ccccc1. The summed E-state index contributed by atoms with van der Waals surface area (Å²) in [7, 11) is 0. The highest BCUT2D eigenvalue weighted by molar-refractivity contribution is 6.12. The van der Waals surface area contributed by atoms with Crippen LogP contribution in [0.2, 0.25) is 0 Å². The molecule has 0 saturated carbocycles. The topological polar surface area (TPSA) is 310 Å². The van der Waals surface area contributed by atoms with Crippen molar-refractivity contribution in [3.8, 4) is 0 Å². The van der Waals surface area contributed by atoms with Gasteiger partial charge in [0, 0.05) is 42.6 Å². The molecule has 2 fully saturated rings. The lowest BCUT2D eigenvalue weighted by molar-refractivity contribution is -0.161. The van der Waals surface area contributed by atoms with Crippen LogP contribution in [0.1, 0.15) is 112 Å². The number of hydrogen-bond acceptors (Lipinski definition) is 13. The van der Waals surface area contributed by atoms with Crippen LogP contribution in [0.25, 0.3) is 24.3 Å². The van der Waals surface area contributed by atoms with Crippen LogP contribution in [0.4, 0.5) is 0 Å². The number of carbonyl (C=O) groups is 8. The number of nitrogens with one attached hydrogen (secondary N) is 6. The number of H-pyrrole nitrogens is 5. The van der Waals surface area contributed by atoms with Crippen LogP contribution >= 0.6 is 0 Å². The van der Waals surface area contributed by atoms with Crippen molar-refractivity contribution in [2.75, 3.05) is 19.6 Å². The van der Waals surface area contributed by atoms with Crippen molar-refractivity contribution in [1.82, 2.24) is 59.9 Å². The molecule has 0 aliphatic carbocycles. The number of carbonyl (C=O) groups excluding carboxylic acids is 8. The van der Waals surface area contributed by atoms with E-state index in [2.05, 4.69) is 85.4 Å². The van der Waals surface area contributed by atoms with Crippen LogP contribution in [0.5, 0.6) is 0 Å². The molecule has 8 rings (SSSR count). The number of hydrogen-bond donors (Lipinski definition) is 6. The molecule has 6 aromatic rings. The maximum absolute atomic E-state index is 12.4. The van der Waals surface area contributed by atoms with Gasteiger partial charge in [0.1, 0.15) is 42.3 Å². The van der Waals surface area contributed by atoms with Gasteiger partial charge in [-0.05, 0) is 29.9 Å². The fraction of sp³-hybridized carbons (Fsp3) is 0.250. The number of imidazole rings is 3. The van der Waals surface area contributed by atoms with Crippen LogP contribution in [0.15, 0.2) is 139 Å². The minimum atomic E-state index is -0.544. The largest absolute Gasteiger partial charge is 0.347 e. The third-order valence-electron chi connectivity index (χ3n) is 12.6. The van der Waals surface area contributed by atoms with Crippen molar-refractivity contribution in [3.05, 3.63) is 207 Å². The van der Waals surface area contributed by atoms with Gasteiger partial charge in [-0.1, -0.05) is 127 Å². The number of rotatable bonds is 11. The highest BCUT2D eigenvalue weighted by Crippen LogP contribution is 2.28. The maximum atomic E-state index is 12.4. The Morgan fingerprint density at radius 1 is 0.512 bits per heavy atom. The Hall–Kier alpha value is -10.3. The fourth-order valence-corrected chi connectivity index (χ4v) is 7.51. The molecule has 0 atom stereocenters. The molecular weight excluding hydrogens is 1050 g/mol. The Labute approximate surface area is 473 Å².